The second-order valence-electron chi connectivity index (χ2n) is 10.1. The highest BCUT2D eigenvalue weighted by atomic mass is 19.1. The number of benzene rings is 3. The monoisotopic (exact) mass is 513 g/mol. The lowest BCUT2D eigenvalue weighted by atomic mass is 9.89. The van der Waals surface area contributed by atoms with Crippen molar-refractivity contribution in [3.05, 3.63) is 94.3 Å². The third-order valence-electron chi connectivity index (χ3n) is 7.31. The summed E-state index contributed by atoms with van der Waals surface area (Å²) in [6.07, 6.45) is 2.40. The van der Waals surface area contributed by atoms with Gasteiger partial charge in [0.15, 0.2) is 5.78 Å². The molecule has 0 bridgehead atoms. The van der Waals surface area contributed by atoms with Crippen LogP contribution in [0.2, 0.25) is 0 Å². The molecule has 2 aliphatic heterocycles. The van der Waals surface area contributed by atoms with Crippen molar-refractivity contribution in [1.29, 1.82) is 0 Å². The number of fused-ring (bicyclic) bond motifs is 1. The van der Waals surface area contributed by atoms with Gasteiger partial charge in [0.1, 0.15) is 11.6 Å². The summed E-state index contributed by atoms with van der Waals surface area (Å²) in [4.78, 5) is 31.8. The lowest BCUT2D eigenvalue weighted by Crippen LogP contribution is -2.36. The first-order chi connectivity index (χ1) is 18.4. The number of ketones is 1. The van der Waals surface area contributed by atoms with Crippen LogP contribution in [0.25, 0.3) is 0 Å². The molecule has 2 aliphatic rings. The van der Waals surface area contributed by atoms with Crippen LogP contribution in [-0.4, -0.2) is 42.5 Å². The molecule has 3 aromatic rings. The van der Waals surface area contributed by atoms with Gasteiger partial charge in [-0.2, -0.15) is 0 Å². The maximum Gasteiger partial charge on any atom is 0.221 e. The Morgan fingerprint density at radius 1 is 1.13 bits per heavy atom. The number of carbonyl (C=O) groups is 2. The number of piperidine rings is 1. The molecule has 1 fully saturated rings. The predicted octanol–water partition coefficient (Wildman–Crippen LogP) is 5.63. The summed E-state index contributed by atoms with van der Waals surface area (Å²) in [6.45, 7) is 4.14. The molecule has 3 aromatic carbocycles. The van der Waals surface area contributed by atoms with E-state index in [1.54, 1.807) is 19.2 Å². The first kappa shape index (κ1) is 25.8. The molecule has 0 saturated carbocycles. The summed E-state index contributed by atoms with van der Waals surface area (Å²) in [5.74, 6) is 0.492. The molecule has 0 aromatic heterocycles. The first-order valence-electron chi connectivity index (χ1n) is 13.0. The lowest BCUT2D eigenvalue weighted by molar-refractivity contribution is -0.114. The fourth-order valence-electron chi connectivity index (χ4n) is 5.50. The molecule has 5 rings (SSSR count). The zero-order valence-electron chi connectivity index (χ0n) is 21.8. The number of aliphatic imine (C=N–C) groups is 1. The minimum Gasteiger partial charge on any atom is -0.496 e. The SMILES string of the molecule is COc1cccc(F)c1CN1CCC[C@@H](CC(=O)c2ccc3c(c2)C(c2cccc(NC(C)=O)c2)=NC3)C1. The van der Waals surface area contributed by atoms with Crippen LogP contribution in [-0.2, 0) is 17.9 Å². The van der Waals surface area contributed by atoms with Crippen molar-refractivity contribution in [2.45, 2.75) is 39.3 Å². The van der Waals surface area contributed by atoms with Gasteiger partial charge in [0.05, 0.1) is 19.4 Å². The highest BCUT2D eigenvalue weighted by Gasteiger charge is 2.26. The quantitative estimate of drug-likeness (QED) is 0.397. The summed E-state index contributed by atoms with van der Waals surface area (Å²) in [5.41, 5.74) is 5.76. The van der Waals surface area contributed by atoms with Crippen LogP contribution in [0.3, 0.4) is 0 Å². The van der Waals surface area contributed by atoms with Gasteiger partial charge in [-0.15, -0.1) is 0 Å². The highest BCUT2D eigenvalue weighted by Crippen LogP contribution is 2.29. The number of hydrogen-bond donors (Lipinski definition) is 1. The Labute approximate surface area is 222 Å². The number of nitrogens with one attached hydrogen (secondary N) is 1. The average molecular weight is 514 g/mol. The molecule has 0 unspecified atom stereocenters. The Balaban J connectivity index is 1.28. The molecule has 196 valence electrons. The van der Waals surface area contributed by atoms with Gasteiger partial charge in [0, 0.05) is 54.4 Å². The van der Waals surface area contributed by atoms with E-state index in [0.29, 0.717) is 42.1 Å². The Morgan fingerprint density at radius 3 is 2.79 bits per heavy atom. The highest BCUT2D eigenvalue weighted by molar-refractivity contribution is 6.16. The van der Waals surface area contributed by atoms with Crippen LogP contribution in [0.5, 0.6) is 5.75 Å². The molecular formula is C31H32FN3O3. The number of ether oxygens (including phenoxy) is 1. The van der Waals surface area contributed by atoms with Gasteiger partial charge < -0.3 is 10.1 Å². The van der Waals surface area contributed by atoms with Crippen LogP contribution in [0.15, 0.2) is 65.7 Å². The summed E-state index contributed by atoms with van der Waals surface area (Å²) in [6, 6.07) is 18.4. The smallest absolute Gasteiger partial charge is 0.221 e. The zero-order chi connectivity index (χ0) is 26.6. The van der Waals surface area contributed by atoms with E-state index in [2.05, 4.69) is 10.2 Å². The van der Waals surface area contributed by atoms with Crippen molar-refractivity contribution in [2.24, 2.45) is 10.9 Å². The Kier molecular flexibility index (Phi) is 7.65. The van der Waals surface area contributed by atoms with Crippen molar-refractivity contribution in [3.63, 3.8) is 0 Å². The molecule has 1 N–H and O–H groups in total. The van der Waals surface area contributed by atoms with Crippen LogP contribution in [0.1, 0.15) is 58.8 Å². The topological polar surface area (TPSA) is 71.0 Å². The fraction of sp³-hybridized carbons (Fsp3) is 0.323. The molecule has 2 heterocycles. The van der Waals surface area contributed by atoms with Gasteiger partial charge in [-0.3, -0.25) is 19.5 Å². The van der Waals surface area contributed by atoms with Crippen molar-refractivity contribution in [3.8, 4) is 5.75 Å². The number of rotatable bonds is 8. The molecule has 38 heavy (non-hydrogen) atoms. The lowest BCUT2D eigenvalue weighted by Gasteiger charge is -2.33. The van der Waals surface area contributed by atoms with E-state index >= 15 is 0 Å². The van der Waals surface area contributed by atoms with E-state index < -0.39 is 0 Å². The molecular weight excluding hydrogens is 481 g/mol. The number of hydrogen-bond acceptors (Lipinski definition) is 5. The van der Waals surface area contributed by atoms with E-state index in [-0.39, 0.29) is 23.4 Å². The summed E-state index contributed by atoms with van der Waals surface area (Å²) in [7, 11) is 1.56. The molecule has 6 nitrogen and oxygen atoms in total. The minimum atomic E-state index is -0.263. The van der Waals surface area contributed by atoms with Crippen LogP contribution in [0.4, 0.5) is 10.1 Å². The Hall–Kier alpha value is -3.84. The second-order valence-corrected chi connectivity index (χ2v) is 10.1. The summed E-state index contributed by atoms with van der Waals surface area (Å²) in [5, 5.41) is 2.82. The molecule has 0 aliphatic carbocycles. The number of halogens is 1. The van der Waals surface area contributed by atoms with Crippen molar-refractivity contribution >= 4 is 23.1 Å². The third-order valence-corrected chi connectivity index (χ3v) is 7.31. The molecule has 1 amide bonds. The van der Waals surface area contributed by atoms with Gasteiger partial charge >= 0.3 is 0 Å². The van der Waals surface area contributed by atoms with Crippen molar-refractivity contribution in [1.82, 2.24) is 4.90 Å². The van der Waals surface area contributed by atoms with E-state index in [1.165, 1.54) is 13.0 Å². The van der Waals surface area contributed by atoms with Crippen molar-refractivity contribution < 1.29 is 18.7 Å². The molecule has 0 radical (unpaired) electrons. The first-order valence-corrected chi connectivity index (χ1v) is 13.0. The maximum atomic E-state index is 14.5. The van der Waals surface area contributed by atoms with Crippen molar-refractivity contribution in [2.75, 3.05) is 25.5 Å². The molecule has 1 saturated heterocycles. The number of amides is 1. The van der Waals surface area contributed by atoms with Crippen LogP contribution in [0, 0.1) is 11.7 Å². The molecule has 1 atom stereocenters. The molecule has 7 heteroatoms. The number of nitrogens with zero attached hydrogens (tertiary/aromatic N) is 2. The zero-order valence-corrected chi connectivity index (χ0v) is 21.8. The standard InChI is InChI=1S/C31H32FN3O3/c1-20(36)34-25-8-3-7-23(15-25)31-26-16-22(11-12-24(26)17-33-31)29(37)14-21-6-5-13-35(18-21)19-27-28(32)9-4-10-30(27)38-2/h3-4,7-12,15-16,21H,5-6,13-14,17-19H2,1-2H3,(H,34,36)/t21-/m0/s1. The fourth-order valence-corrected chi connectivity index (χ4v) is 5.50. The average Bonchev–Trinajstić information content (AvgIpc) is 3.33. The summed E-state index contributed by atoms with van der Waals surface area (Å²) >= 11 is 0. The van der Waals surface area contributed by atoms with Crippen LogP contribution < -0.4 is 10.1 Å². The number of carbonyl (C=O) groups excluding carboxylic acids is 2. The van der Waals surface area contributed by atoms with Gasteiger partial charge in [0.25, 0.3) is 0 Å². The maximum absolute atomic E-state index is 14.5. The Bertz CT molecular complexity index is 1400. The normalized spacial score (nSPS) is 17.0. The number of anilines is 1. The third kappa shape index (κ3) is 5.68. The van der Waals surface area contributed by atoms with Gasteiger partial charge in [0.2, 0.25) is 5.91 Å². The largest absolute Gasteiger partial charge is 0.496 e. The van der Waals surface area contributed by atoms with Crippen LogP contribution >= 0.6 is 0 Å². The van der Waals surface area contributed by atoms with E-state index in [1.807, 2.05) is 42.5 Å². The van der Waals surface area contributed by atoms with Gasteiger partial charge in [-0.05, 0) is 61.2 Å². The Morgan fingerprint density at radius 2 is 1.97 bits per heavy atom. The number of methoxy groups -OCH3 is 1. The summed E-state index contributed by atoms with van der Waals surface area (Å²) < 4.78 is 19.8. The molecule has 0 spiro atoms. The number of Topliss-reactive ketones (excluding diaryl/α,β-unsaturated/α-hetero) is 1. The van der Waals surface area contributed by atoms with Gasteiger partial charge in [-0.25, -0.2) is 4.39 Å². The van der Waals surface area contributed by atoms with E-state index in [9.17, 15) is 14.0 Å². The van der Waals surface area contributed by atoms with E-state index in [0.717, 1.165) is 48.3 Å². The van der Waals surface area contributed by atoms with E-state index in [4.69, 9.17) is 9.73 Å². The van der Waals surface area contributed by atoms with Gasteiger partial charge in [-0.1, -0.05) is 30.3 Å². The minimum absolute atomic E-state index is 0.112. The predicted molar refractivity (Wildman–Crippen MR) is 146 cm³/mol. The number of likely N-dealkylation sites (tertiary alicyclic amines) is 1. The second kappa shape index (κ2) is 11.3.